The lowest BCUT2D eigenvalue weighted by molar-refractivity contribution is -0.385. The van der Waals surface area contributed by atoms with E-state index in [0.29, 0.717) is 6.54 Å². The van der Waals surface area contributed by atoms with Crippen LogP contribution in [0.15, 0.2) is 6.20 Å². The largest absolute Gasteiger partial charge is 0.348 e. The summed E-state index contributed by atoms with van der Waals surface area (Å²) in [4.78, 5) is 22.0. The first kappa shape index (κ1) is 13.1. The molecule has 0 fully saturated rings. The third-order valence-corrected chi connectivity index (χ3v) is 2.47. The molecule has 0 aliphatic carbocycles. The Kier molecular flexibility index (Phi) is 4.19. The van der Waals surface area contributed by atoms with Crippen LogP contribution < -0.4 is 5.32 Å². The van der Waals surface area contributed by atoms with Crippen LogP contribution in [0.3, 0.4) is 0 Å². The number of nitro groups is 1. The van der Waals surface area contributed by atoms with E-state index in [9.17, 15) is 14.9 Å². The number of hydrogen-bond donors (Lipinski definition) is 1. The minimum Gasteiger partial charge on any atom is -0.348 e. The fourth-order valence-corrected chi connectivity index (χ4v) is 1.26. The van der Waals surface area contributed by atoms with E-state index in [1.165, 1.54) is 10.9 Å². The predicted molar refractivity (Wildman–Crippen MR) is 61.8 cm³/mol. The highest BCUT2D eigenvalue weighted by molar-refractivity contribution is 5.96. The molecule has 0 aliphatic heterocycles. The van der Waals surface area contributed by atoms with Crippen molar-refractivity contribution in [3.63, 3.8) is 0 Å². The molecule has 1 aromatic heterocycles. The maximum absolute atomic E-state index is 11.8. The van der Waals surface area contributed by atoms with Gasteiger partial charge in [-0.3, -0.25) is 19.6 Å². The summed E-state index contributed by atoms with van der Waals surface area (Å²) < 4.78 is 1.38. The van der Waals surface area contributed by atoms with Crippen molar-refractivity contribution in [3.8, 4) is 0 Å². The third-order valence-electron chi connectivity index (χ3n) is 2.47. The van der Waals surface area contributed by atoms with E-state index in [4.69, 9.17) is 0 Å². The van der Waals surface area contributed by atoms with Crippen LogP contribution in [0, 0.1) is 10.1 Å². The van der Waals surface area contributed by atoms with Gasteiger partial charge in [-0.1, -0.05) is 6.92 Å². The summed E-state index contributed by atoms with van der Waals surface area (Å²) in [6.45, 7) is 6.04. The summed E-state index contributed by atoms with van der Waals surface area (Å²) in [6, 6.07) is -0.0334. The van der Waals surface area contributed by atoms with Crippen LogP contribution in [-0.4, -0.2) is 26.7 Å². The summed E-state index contributed by atoms with van der Waals surface area (Å²) in [5.74, 6) is -0.502. The lowest BCUT2D eigenvalue weighted by atomic mass is 10.2. The summed E-state index contributed by atoms with van der Waals surface area (Å²) >= 11 is 0. The molecule has 7 heteroatoms. The van der Waals surface area contributed by atoms with Crippen molar-refractivity contribution >= 4 is 11.6 Å². The Morgan fingerprint density at radius 2 is 2.29 bits per heavy atom. The van der Waals surface area contributed by atoms with Crippen LogP contribution in [0.2, 0.25) is 0 Å². The minimum atomic E-state index is -0.593. The van der Waals surface area contributed by atoms with Gasteiger partial charge in [0, 0.05) is 12.6 Å². The molecule has 1 atom stereocenters. The molecule has 0 bridgehead atoms. The van der Waals surface area contributed by atoms with E-state index in [1.807, 2.05) is 13.8 Å². The molecule has 0 aromatic carbocycles. The molecule has 0 saturated carbocycles. The lowest BCUT2D eigenvalue weighted by Gasteiger charge is -2.09. The van der Waals surface area contributed by atoms with E-state index in [0.717, 1.165) is 6.42 Å². The smallest absolute Gasteiger partial charge is 0.320 e. The van der Waals surface area contributed by atoms with Gasteiger partial charge in [0.05, 0.1) is 4.92 Å². The van der Waals surface area contributed by atoms with E-state index in [-0.39, 0.29) is 17.4 Å². The SMILES string of the molecule is CCC(C)NC(=O)c1nn(CC)cc1[N+](=O)[O-]. The van der Waals surface area contributed by atoms with Crippen molar-refractivity contribution < 1.29 is 9.72 Å². The Morgan fingerprint density at radius 3 is 2.76 bits per heavy atom. The van der Waals surface area contributed by atoms with Gasteiger partial charge in [0.15, 0.2) is 0 Å². The van der Waals surface area contributed by atoms with Crippen molar-refractivity contribution in [2.45, 2.75) is 39.8 Å². The number of aryl methyl sites for hydroxylation is 1. The minimum absolute atomic E-state index is 0.0334. The van der Waals surface area contributed by atoms with Crippen LogP contribution in [0.25, 0.3) is 0 Å². The number of amides is 1. The third kappa shape index (κ3) is 3.02. The molecule has 1 rings (SSSR count). The van der Waals surface area contributed by atoms with E-state index in [2.05, 4.69) is 10.4 Å². The monoisotopic (exact) mass is 240 g/mol. The average molecular weight is 240 g/mol. The average Bonchev–Trinajstić information content (AvgIpc) is 2.72. The van der Waals surface area contributed by atoms with Gasteiger partial charge in [-0.25, -0.2) is 0 Å². The zero-order chi connectivity index (χ0) is 13.0. The van der Waals surface area contributed by atoms with Gasteiger partial charge in [-0.05, 0) is 20.3 Å². The summed E-state index contributed by atoms with van der Waals surface area (Å²) in [7, 11) is 0. The first-order valence-electron chi connectivity index (χ1n) is 5.52. The second kappa shape index (κ2) is 5.42. The van der Waals surface area contributed by atoms with Crippen LogP contribution in [0.1, 0.15) is 37.7 Å². The second-order valence-corrected chi connectivity index (χ2v) is 3.76. The molecule has 1 unspecified atom stereocenters. The van der Waals surface area contributed by atoms with Gasteiger partial charge in [0.2, 0.25) is 5.69 Å². The molecule has 94 valence electrons. The Labute approximate surface area is 99.0 Å². The van der Waals surface area contributed by atoms with Crippen molar-refractivity contribution in [3.05, 3.63) is 22.0 Å². The summed E-state index contributed by atoms with van der Waals surface area (Å²) in [5, 5.41) is 17.3. The number of nitrogens with one attached hydrogen (secondary N) is 1. The van der Waals surface area contributed by atoms with Gasteiger partial charge in [0.25, 0.3) is 5.91 Å². The Bertz CT molecular complexity index is 427. The summed E-state index contributed by atoms with van der Waals surface area (Å²) in [6.07, 6.45) is 2.03. The maximum atomic E-state index is 11.8. The van der Waals surface area contributed by atoms with Gasteiger partial charge in [-0.2, -0.15) is 5.10 Å². The second-order valence-electron chi connectivity index (χ2n) is 3.76. The van der Waals surface area contributed by atoms with Gasteiger partial charge >= 0.3 is 5.69 Å². The normalized spacial score (nSPS) is 12.2. The molecule has 1 N–H and O–H groups in total. The van der Waals surface area contributed by atoms with Crippen molar-refractivity contribution in [2.24, 2.45) is 0 Å². The highest BCUT2D eigenvalue weighted by Gasteiger charge is 2.25. The molecule has 17 heavy (non-hydrogen) atoms. The first-order chi connectivity index (χ1) is 7.99. The molecule has 0 saturated heterocycles. The van der Waals surface area contributed by atoms with Gasteiger partial charge in [0.1, 0.15) is 6.20 Å². The molecular formula is C10H16N4O3. The number of hydrogen-bond acceptors (Lipinski definition) is 4. The molecular weight excluding hydrogens is 224 g/mol. The van der Waals surface area contributed by atoms with Gasteiger partial charge < -0.3 is 5.32 Å². The number of carbonyl (C=O) groups excluding carboxylic acids is 1. The van der Waals surface area contributed by atoms with Crippen LogP contribution >= 0.6 is 0 Å². The molecule has 0 spiro atoms. The standard InChI is InChI=1S/C10H16N4O3/c1-4-7(3)11-10(15)9-8(14(16)17)6-13(5-2)12-9/h6-7H,4-5H2,1-3H3,(H,11,15). The number of carbonyl (C=O) groups is 1. The van der Waals surface area contributed by atoms with Crippen molar-refractivity contribution in [2.75, 3.05) is 0 Å². The van der Waals surface area contributed by atoms with Crippen molar-refractivity contribution in [1.82, 2.24) is 15.1 Å². The van der Waals surface area contributed by atoms with E-state index in [1.54, 1.807) is 6.92 Å². The zero-order valence-corrected chi connectivity index (χ0v) is 10.1. The van der Waals surface area contributed by atoms with Crippen LogP contribution in [0.4, 0.5) is 5.69 Å². The van der Waals surface area contributed by atoms with Crippen LogP contribution in [-0.2, 0) is 6.54 Å². The first-order valence-corrected chi connectivity index (χ1v) is 5.52. The topological polar surface area (TPSA) is 90.1 Å². The Morgan fingerprint density at radius 1 is 1.65 bits per heavy atom. The Hall–Kier alpha value is -1.92. The van der Waals surface area contributed by atoms with E-state index < -0.39 is 10.8 Å². The van der Waals surface area contributed by atoms with E-state index >= 15 is 0 Å². The Balaban J connectivity index is 2.99. The van der Waals surface area contributed by atoms with Gasteiger partial charge in [-0.15, -0.1) is 0 Å². The maximum Gasteiger partial charge on any atom is 0.320 e. The number of aromatic nitrogens is 2. The number of nitrogens with zero attached hydrogens (tertiary/aromatic N) is 3. The molecule has 1 heterocycles. The molecule has 7 nitrogen and oxygen atoms in total. The highest BCUT2D eigenvalue weighted by atomic mass is 16.6. The summed E-state index contributed by atoms with van der Waals surface area (Å²) in [5.41, 5.74) is -0.384. The van der Waals surface area contributed by atoms with Crippen LogP contribution in [0.5, 0.6) is 0 Å². The lowest BCUT2D eigenvalue weighted by Crippen LogP contribution is -2.32. The molecule has 1 aromatic rings. The quantitative estimate of drug-likeness (QED) is 0.621. The highest BCUT2D eigenvalue weighted by Crippen LogP contribution is 2.16. The molecule has 0 aliphatic rings. The zero-order valence-electron chi connectivity index (χ0n) is 10.1. The fourth-order valence-electron chi connectivity index (χ4n) is 1.26. The fraction of sp³-hybridized carbons (Fsp3) is 0.600. The number of rotatable bonds is 5. The van der Waals surface area contributed by atoms with Crippen molar-refractivity contribution in [1.29, 1.82) is 0 Å². The molecule has 0 radical (unpaired) electrons. The molecule has 1 amide bonds. The predicted octanol–water partition coefficient (Wildman–Crippen LogP) is 1.34.